The number of sulfone groups is 1. The number of nitrogens with one attached hydrogen (secondary N) is 1. The summed E-state index contributed by atoms with van der Waals surface area (Å²) in [4.78, 5) is 6.18. The molecule has 0 bridgehead atoms. The minimum Gasteiger partial charge on any atom is -0.361 e. The molecule has 0 aliphatic carbocycles. The molecular formula is C25H26N2O2S2. The summed E-state index contributed by atoms with van der Waals surface area (Å²) in [5.41, 5.74) is 4.70. The van der Waals surface area contributed by atoms with Gasteiger partial charge in [0.1, 0.15) is 0 Å². The van der Waals surface area contributed by atoms with Gasteiger partial charge >= 0.3 is 0 Å². The smallest absolute Gasteiger partial charge is 0.181 e. The Morgan fingerprint density at radius 3 is 2.48 bits per heavy atom. The van der Waals surface area contributed by atoms with Crippen molar-refractivity contribution in [3.63, 3.8) is 0 Å². The summed E-state index contributed by atoms with van der Waals surface area (Å²) >= 11 is 1.65. The Labute approximate surface area is 187 Å². The third-order valence-electron chi connectivity index (χ3n) is 6.38. The predicted molar refractivity (Wildman–Crippen MR) is 128 cm³/mol. The highest BCUT2D eigenvalue weighted by atomic mass is 32.2. The number of aromatic nitrogens is 1. The van der Waals surface area contributed by atoms with Crippen LogP contribution >= 0.6 is 11.3 Å². The second kappa shape index (κ2) is 8.61. The minimum absolute atomic E-state index is 0.288. The summed E-state index contributed by atoms with van der Waals surface area (Å²) in [7, 11) is -3.29. The first-order chi connectivity index (χ1) is 15.1. The van der Waals surface area contributed by atoms with Gasteiger partial charge in [-0.15, -0.1) is 0 Å². The lowest BCUT2D eigenvalue weighted by Gasteiger charge is -2.31. The van der Waals surface area contributed by atoms with Crippen molar-refractivity contribution in [2.24, 2.45) is 0 Å². The molecule has 6 heteroatoms. The van der Waals surface area contributed by atoms with Crippen LogP contribution in [0.4, 0.5) is 0 Å². The minimum atomic E-state index is -3.29. The van der Waals surface area contributed by atoms with Crippen LogP contribution in [0.3, 0.4) is 0 Å². The van der Waals surface area contributed by atoms with E-state index in [4.69, 9.17) is 0 Å². The zero-order chi connectivity index (χ0) is 21.3. The fraction of sp³-hybridized carbons (Fsp3) is 0.280. The number of thiophene rings is 1. The Kier molecular flexibility index (Phi) is 5.69. The van der Waals surface area contributed by atoms with Crippen molar-refractivity contribution in [1.82, 2.24) is 9.88 Å². The van der Waals surface area contributed by atoms with Crippen molar-refractivity contribution in [1.29, 1.82) is 0 Å². The molecule has 1 aliphatic rings. The lowest BCUT2D eigenvalue weighted by Crippen LogP contribution is -2.40. The first-order valence-corrected chi connectivity index (χ1v) is 13.2. The number of benzene rings is 2. The fourth-order valence-electron chi connectivity index (χ4n) is 4.52. The van der Waals surface area contributed by atoms with E-state index in [2.05, 4.69) is 45.7 Å². The van der Waals surface area contributed by atoms with Crippen LogP contribution in [0.2, 0.25) is 0 Å². The van der Waals surface area contributed by atoms with E-state index in [-0.39, 0.29) is 5.25 Å². The van der Waals surface area contributed by atoms with Crippen LogP contribution in [0.1, 0.15) is 18.4 Å². The van der Waals surface area contributed by atoms with Gasteiger partial charge in [-0.25, -0.2) is 8.42 Å². The lowest BCUT2D eigenvalue weighted by atomic mass is 10.1. The molecule has 0 spiro atoms. The molecule has 0 saturated carbocycles. The number of aromatic amines is 1. The number of hydrogen-bond acceptors (Lipinski definition) is 4. The van der Waals surface area contributed by atoms with Gasteiger partial charge in [-0.2, -0.15) is 11.3 Å². The molecular weight excluding hydrogens is 424 g/mol. The maximum Gasteiger partial charge on any atom is 0.181 e. The Hall–Kier alpha value is -2.41. The predicted octanol–water partition coefficient (Wildman–Crippen LogP) is 5.38. The lowest BCUT2D eigenvalue weighted by molar-refractivity contribution is 0.232. The summed E-state index contributed by atoms with van der Waals surface area (Å²) in [6.45, 7) is 2.63. The molecule has 0 amide bonds. The van der Waals surface area contributed by atoms with Crippen LogP contribution < -0.4 is 0 Å². The molecule has 1 fully saturated rings. The summed E-state index contributed by atoms with van der Waals surface area (Å²) in [5, 5.41) is 5.11. The number of piperidine rings is 1. The van der Waals surface area contributed by atoms with Gasteiger partial charge < -0.3 is 9.88 Å². The Balaban J connectivity index is 1.19. The highest BCUT2D eigenvalue weighted by Crippen LogP contribution is 2.28. The van der Waals surface area contributed by atoms with Crippen molar-refractivity contribution >= 4 is 32.1 Å². The SMILES string of the molecule is O=S(=O)(c1ccc(-c2ccsc2)cc1)C1CCN(CCc2c[nH]c3ccccc23)CC1. The molecule has 0 unspecified atom stereocenters. The number of hydrogen-bond donors (Lipinski definition) is 1. The standard InChI is InChI=1S/C25H26N2O2S2/c28-31(29,22-7-5-19(6-8-22)21-12-16-30-18-21)23-10-14-27(15-11-23)13-9-20-17-26-25-4-2-1-3-24(20)25/h1-8,12,16-18,23,26H,9-11,13-15H2. The zero-order valence-electron chi connectivity index (χ0n) is 17.3. The van der Waals surface area contributed by atoms with E-state index in [0.717, 1.165) is 37.2 Å². The van der Waals surface area contributed by atoms with Gasteiger partial charge in [-0.3, -0.25) is 0 Å². The molecule has 4 nitrogen and oxygen atoms in total. The van der Waals surface area contributed by atoms with Gasteiger partial charge in [0.05, 0.1) is 10.1 Å². The molecule has 1 saturated heterocycles. The molecule has 0 atom stereocenters. The average molecular weight is 451 g/mol. The molecule has 0 radical (unpaired) electrons. The Morgan fingerprint density at radius 2 is 1.74 bits per heavy atom. The van der Waals surface area contributed by atoms with Crippen molar-refractivity contribution in [2.45, 2.75) is 29.4 Å². The van der Waals surface area contributed by atoms with Crippen LogP contribution in [0, 0.1) is 0 Å². The molecule has 2 aromatic heterocycles. The Bertz CT molecular complexity index is 1250. The number of rotatable bonds is 6. The number of likely N-dealkylation sites (tertiary alicyclic amines) is 1. The Morgan fingerprint density at radius 1 is 0.968 bits per heavy atom. The van der Waals surface area contributed by atoms with Gasteiger partial charge in [0.25, 0.3) is 0 Å². The number of nitrogens with zero attached hydrogens (tertiary/aromatic N) is 1. The van der Waals surface area contributed by atoms with E-state index in [1.54, 1.807) is 23.5 Å². The maximum atomic E-state index is 13.2. The second-order valence-corrected chi connectivity index (χ2v) is 11.2. The number of H-pyrrole nitrogens is 1. The second-order valence-electron chi connectivity index (χ2n) is 8.23. The van der Waals surface area contributed by atoms with E-state index >= 15 is 0 Å². The normalized spacial score (nSPS) is 16.1. The fourth-order valence-corrected chi connectivity index (χ4v) is 6.92. The molecule has 4 aromatic rings. The van der Waals surface area contributed by atoms with Crippen LogP contribution in [-0.2, 0) is 16.3 Å². The largest absolute Gasteiger partial charge is 0.361 e. The topological polar surface area (TPSA) is 53.2 Å². The summed E-state index contributed by atoms with van der Waals surface area (Å²) < 4.78 is 26.3. The first-order valence-electron chi connectivity index (χ1n) is 10.8. The van der Waals surface area contributed by atoms with Crippen LogP contribution in [0.5, 0.6) is 0 Å². The van der Waals surface area contributed by atoms with Crippen LogP contribution in [0.15, 0.2) is 76.4 Å². The van der Waals surface area contributed by atoms with Gasteiger partial charge in [0.15, 0.2) is 9.84 Å². The monoisotopic (exact) mass is 450 g/mol. The summed E-state index contributed by atoms with van der Waals surface area (Å²) in [6.07, 6.45) is 4.47. The van der Waals surface area contributed by atoms with Gasteiger partial charge in [0, 0.05) is 23.6 Å². The molecule has 31 heavy (non-hydrogen) atoms. The number of para-hydroxylation sites is 1. The maximum absolute atomic E-state index is 13.2. The highest BCUT2D eigenvalue weighted by molar-refractivity contribution is 7.92. The van der Waals surface area contributed by atoms with E-state index in [1.807, 2.05) is 23.6 Å². The summed E-state index contributed by atoms with van der Waals surface area (Å²) in [6, 6.07) is 17.8. The third kappa shape index (κ3) is 4.20. The summed E-state index contributed by atoms with van der Waals surface area (Å²) in [5.74, 6) is 0. The van der Waals surface area contributed by atoms with Crippen LogP contribution in [-0.4, -0.2) is 43.2 Å². The first kappa shape index (κ1) is 20.5. The van der Waals surface area contributed by atoms with Crippen molar-refractivity contribution < 1.29 is 8.42 Å². The van der Waals surface area contributed by atoms with Gasteiger partial charge in [-0.05, 0) is 84.1 Å². The van der Waals surface area contributed by atoms with Gasteiger partial charge in [-0.1, -0.05) is 30.3 Å². The van der Waals surface area contributed by atoms with E-state index < -0.39 is 9.84 Å². The van der Waals surface area contributed by atoms with Crippen molar-refractivity contribution in [3.8, 4) is 11.1 Å². The van der Waals surface area contributed by atoms with Crippen LogP contribution in [0.25, 0.3) is 22.0 Å². The van der Waals surface area contributed by atoms with E-state index in [0.29, 0.717) is 17.7 Å². The number of fused-ring (bicyclic) bond motifs is 1. The zero-order valence-corrected chi connectivity index (χ0v) is 19.0. The van der Waals surface area contributed by atoms with E-state index in [1.165, 1.54) is 16.5 Å². The molecule has 1 N–H and O–H groups in total. The molecule has 2 aromatic carbocycles. The van der Waals surface area contributed by atoms with Crippen molar-refractivity contribution in [3.05, 3.63) is 77.1 Å². The molecule has 1 aliphatic heterocycles. The quantitative estimate of drug-likeness (QED) is 0.429. The van der Waals surface area contributed by atoms with Gasteiger partial charge in [0.2, 0.25) is 0 Å². The van der Waals surface area contributed by atoms with Crippen molar-refractivity contribution in [2.75, 3.05) is 19.6 Å². The average Bonchev–Trinajstić information content (AvgIpc) is 3.49. The molecule has 3 heterocycles. The molecule has 5 rings (SSSR count). The molecule has 160 valence electrons. The van der Waals surface area contributed by atoms with E-state index in [9.17, 15) is 8.42 Å². The third-order valence-corrected chi connectivity index (χ3v) is 9.34. The highest BCUT2D eigenvalue weighted by Gasteiger charge is 2.31.